The lowest BCUT2D eigenvalue weighted by molar-refractivity contribution is 1.38. The summed E-state index contributed by atoms with van der Waals surface area (Å²) in [6, 6.07) is 17.1. The summed E-state index contributed by atoms with van der Waals surface area (Å²) in [5.74, 6) is 0. The zero-order chi connectivity index (χ0) is 17.4. The molecule has 0 bridgehead atoms. The van der Waals surface area contributed by atoms with Crippen molar-refractivity contribution >= 4 is 11.4 Å². The Hall–Kier alpha value is -2.74. The molecule has 0 amide bonds. The Kier molecular flexibility index (Phi) is 4.06. The average molecular weight is 316 g/mol. The van der Waals surface area contributed by atoms with Crippen LogP contribution in [0.15, 0.2) is 48.5 Å². The summed E-state index contributed by atoms with van der Waals surface area (Å²) < 4.78 is 0. The van der Waals surface area contributed by atoms with E-state index in [0.717, 1.165) is 22.3 Å². The molecule has 0 aromatic heterocycles. The number of rotatable bonds is 2. The molecule has 0 saturated heterocycles. The van der Waals surface area contributed by atoms with Gasteiger partial charge in [-0.05, 0) is 38.8 Å². The number of nitrogens with two attached hydrogens (primary N) is 2. The Morgan fingerprint density at radius 2 is 0.792 bits per heavy atom. The summed E-state index contributed by atoms with van der Waals surface area (Å²) in [5, 5.41) is 0. The monoisotopic (exact) mass is 316 g/mol. The molecule has 0 aliphatic heterocycles. The first kappa shape index (κ1) is 16.1. The Morgan fingerprint density at radius 3 is 1.08 bits per heavy atom. The molecule has 3 aromatic carbocycles. The highest BCUT2D eigenvalue weighted by molar-refractivity contribution is 5.93. The summed E-state index contributed by atoms with van der Waals surface area (Å²) in [4.78, 5) is 0. The van der Waals surface area contributed by atoms with E-state index in [-0.39, 0.29) is 0 Å². The lowest BCUT2D eigenvalue weighted by Gasteiger charge is -2.15. The zero-order valence-corrected chi connectivity index (χ0v) is 14.8. The third kappa shape index (κ3) is 3.00. The van der Waals surface area contributed by atoms with Crippen LogP contribution in [0.3, 0.4) is 0 Å². The van der Waals surface area contributed by atoms with Crippen molar-refractivity contribution in [1.82, 2.24) is 0 Å². The molecular weight excluding hydrogens is 292 g/mol. The summed E-state index contributed by atoms with van der Waals surface area (Å²) in [5.41, 5.74) is 23.2. The van der Waals surface area contributed by atoms with Crippen LogP contribution in [-0.4, -0.2) is 0 Å². The summed E-state index contributed by atoms with van der Waals surface area (Å²) in [6.07, 6.45) is 0. The van der Waals surface area contributed by atoms with E-state index in [9.17, 15) is 0 Å². The largest absolute Gasteiger partial charge is 0.397 e. The topological polar surface area (TPSA) is 52.0 Å². The van der Waals surface area contributed by atoms with Crippen LogP contribution in [0.25, 0.3) is 22.3 Å². The zero-order valence-electron chi connectivity index (χ0n) is 14.8. The maximum Gasteiger partial charge on any atom is 0.0633 e. The van der Waals surface area contributed by atoms with Crippen LogP contribution in [0.5, 0.6) is 0 Å². The minimum Gasteiger partial charge on any atom is -0.397 e. The number of anilines is 2. The molecule has 0 atom stereocenters. The molecule has 122 valence electrons. The second kappa shape index (κ2) is 6.04. The normalized spacial score (nSPS) is 10.8. The van der Waals surface area contributed by atoms with Crippen LogP contribution in [-0.2, 0) is 0 Å². The van der Waals surface area contributed by atoms with Gasteiger partial charge in [0.15, 0.2) is 0 Å². The molecule has 0 fully saturated rings. The van der Waals surface area contributed by atoms with E-state index < -0.39 is 0 Å². The predicted octanol–water partition coefficient (Wildman–Crippen LogP) is 5.42. The van der Waals surface area contributed by atoms with E-state index in [1.54, 1.807) is 0 Å². The van der Waals surface area contributed by atoms with E-state index in [1.807, 2.05) is 0 Å². The Labute approximate surface area is 144 Å². The highest BCUT2D eigenvalue weighted by atomic mass is 14.7. The molecule has 0 aliphatic rings. The van der Waals surface area contributed by atoms with Crippen molar-refractivity contribution in [1.29, 1.82) is 0 Å². The fraction of sp³-hybridized carbons (Fsp3) is 0.182. The molecule has 0 spiro atoms. The van der Waals surface area contributed by atoms with Crippen molar-refractivity contribution in [2.45, 2.75) is 27.7 Å². The summed E-state index contributed by atoms with van der Waals surface area (Å²) in [7, 11) is 0. The number of benzene rings is 3. The second-order valence-corrected chi connectivity index (χ2v) is 6.74. The minimum absolute atomic E-state index is 0.650. The highest BCUT2D eigenvalue weighted by Crippen LogP contribution is 2.38. The summed E-state index contributed by atoms with van der Waals surface area (Å²) in [6.45, 7) is 8.39. The standard InChI is InChI=1S/C22H24N2/c1-13-7-14(2)10-17(9-13)19-5-6-20(22(24)21(19)23)18-11-15(3)8-16(4)12-18/h5-12H,23-24H2,1-4H3. The van der Waals surface area contributed by atoms with E-state index in [1.165, 1.54) is 22.3 Å². The van der Waals surface area contributed by atoms with Gasteiger partial charge in [0, 0.05) is 11.1 Å². The van der Waals surface area contributed by atoms with Gasteiger partial charge in [0.25, 0.3) is 0 Å². The molecule has 4 N–H and O–H groups in total. The van der Waals surface area contributed by atoms with Crippen molar-refractivity contribution in [3.63, 3.8) is 0 Å². The fourth-order valence-corrected chi connectivity index (χ4v) is 3.40. The van der Waals surface area contributed by atoms with Gasteiger partial charge < -0.3 is 11.5 Å². The molecule has 2 nitrogen and oxygen atoms in total. The molecule has 3 rings (SSSR count). The van der Waals surface area contributed by atoms with Gasteiger partial charge in [0.1, 0.15) is 0 Å². The SMILES string of the molecule is Cc1cc(C)cc(-c2ccc(-c3cc(C)cc(C)c3)c(N)c2N)c1. The van der Waals surface area contributed by atoms with Gasteiger partial charge in [-0.2, -0.15) is 0 Å². The van der Waals surface area contributed by atoms with E-state index in [0.29, 0.717) is 11.4 Å². The van der Waals surface area contributed by atoms with E-state index in [2.05, 4.69) is 76.2 Å². The third-order valence-electron chi connectivity index (χ3n) is 4.35. The maximum atomic E-state index is 6.40. The van der Waals surface area contributed by atoms with Crippen molar-refractivity contribution < 1.29 is 0 Å². The van der Waals surface area contributed by atoms with E-state index in [4.69, 9.17) is 11.5 Å². The smallest absolute Gasteiger partial charge is 0.0633 e. The van der Waals surface area contributed by atoms with Gasteiger partial charge in [0.2, 0.25) is 0 Å². The number of hydrogen-bond acceptors (Lipinski definition) is 2. The molecule has 3 aromatic rings. The molecule has 2 heteroatoms. The highest BCUT2D eigenvalue weighted by Gasteiger charge is 2.12. The quantitative estimate of drug-likeness (QED) is 0.620. The van der Waals surface area contributed by atoms with Gasteiger partial charge in [0.05, 0.1) is 11.4 Å². The van der Waals surface area contributed by atoms with Crippen LogP contribution < -0.4 is 11.5 Å². The van der Waals surface area contributed by atoms with Crippen LogP contribution in [0, 0.1) is 27.7 Å². The number of nitrogen functional groups attached to an aromatic ring is 2. The maximum absolute atomic E-state index is 6.40. The van der Waals surface area contributed by atoms with Crippen LogP contribution >= 0.6 is 0 Å². The van der Waals surface area contributed by atoms with Gasteiger partial charge in [-0.3, -0.25) is 0 Å². The lowest BCUT2D eigenvalue weighted by atomic mass is 9.93. The lowest BCUT2D eigenvalue weighted by Crippen LogP contribution is -2.00. The predicted molar refractivity (Wildman–Crippen MR) is 105 cm³/mol. The molecule has 0 heterocycles. The molecule has 0 saturated carbocycles. The third-order valence-corrected chi connectivity index (χ3v) is 4.35. The number of aryl methyl sites for hydroxylation is 4. The Morgan fingerprint density at radius 1 is 0.500 bits per heavy atom. The van der Waals surface area contributed by atoms with Crippen molar-refractivity contribution in [2.24, 2.45) is 0 Å². The average Bonchev–Trinajstić information content (AvgIpc) is 2.47. The van der Waals surface area contributed by atoms with Gasteiger partial charge in [-0.25, -0.2) is 0 Å². The van der Waals surface area contributed by atoms with Gasteiger partial charge in [-0.15, -0.1) is 0 Å². The Bertz CT molecular complexity index is 806. The Balaban J connectivity index is 2.15. The van der Waals surface area contributed by atoms with Crippen molar-refractivity contribution in [3.05, 3.63) is 70.8 Å². The molecular formula is C22H24N2. The number of hydrogen-bond donors (Lipinski definition) is 2. The first-order chi connectivity index (χ1) is 11.3. The first-order valence-electron chi connectivity index (χ1n) is 8.20. The van der Waals surface area contributed by atoms with Crippen LogP contribution in [0.1, 0.15) is 22.3 Å². The van der Waals surface area contributed by atoms with Gasteiger partial charge >= 0.3 is 0 Å². The minimum atomic E-state index is 0.650. The molecule has 0 aliphatic carbocycles. The van der Waals surface area contributed by atoms with Crippen molar-refractivity contribution in [3.8, 4) is 22.3 Å². The summed E-state index contributed by atoms with van der Waals surface area (Å²) >= 11 is 0. The second-order valence-electron chi connectivity index (χ2n) is 6.74. The first-order valence-corrected chi connectivity index (χ1v) is 8.20. The van der Waals surface area contributed by atoms with Crippen LogP contribution in [0.2, 0.25) is 0 Å². The van der Waals surface area contributed by atoms with Crippen molar-refractivity contribution in [2.75, 3.05) is 11.5 Å². The van der Waals surface area contributed by atoms with Crippen LogP contribution in [0.4, 0.5) is 11.4 Å². The fourth-order valence-electron chi connectivity index (χ4n) is 3.40. The van der Waals surface area contributed by atoms with Gasteiger partial charge in [-0.1, -0.05) is 70.8 Å². The molecule has 0 radical (unpaired) electrons. The van der Waals surface area contributed by atoms with E-state index >= 15 is 0 Å². The molecule has 24 heavy (non-hydrogen) atoms. The molecule has 0 unspecified atom stereocenters.